The highest BCUT2D eigenvalue weighted by Gasteiger charge is 2.20. The first-order valence-corrected chi connectivity index (χ1v) is 8.53. The third-order valence-electron chi connectivity index (χ3n) is 3.81. The second-order valence-corrected chi connectivity index (χ2v) is 6.15. The summed E-state index contributed by atoms with van der Waals surface area (Å²) >= 11 is 0. The van der Waals surface area contributed by atoms with Crippen molar-refractivity contribution >= 4 is 17.4 Å². The second kappa shape index (κ2) is 9.44. The largest absolute Gasteiger partial charge is 0.357 e. The van der Waals surface area contributed by atoms with Gasteiger partial charge in [0.15, 0.2) is 0 Å². The Morgan fingerprint density at radius 3 is 2.41 bits per heavy atom. The number of amides is 1. The van der Waals surface area contributed by atoms with Gasteiger partial charge >= 0.3 is 0 Å². The number of hydrogen-bond donors (Lipinski definition) is 1. The van der Waals surface area contributed by atoms with Crippen molar-refractivity contribution in [2.45, 2.75) is 53.9 Å². The van der Waals surface area contributed by atoms with Crippen LogP contribution in [0.15, 0.2) is 18.3 Å². The molecule has 1 aliphatic heterocycles. The number of nitrogens with one attached hydrogen (secondary N) is 1. The Kier molecular flexibility index (Phi) is 7.92. The number of carbonyl (C=O) groups excluding carboxylic acids is 1. The highest BCUT2D eigenvalue weighted by Crippen LogP contribution is 2.26. The van der Waals surface area contributed by atoms with Crippen molar-refractivity contribution in [3.05, 3.63) is 18.3 Å². The summed E-state index contributed by atoms with van der Waals surface area (Å²) in [6, 6.07) is 3.91. The molecular weight excluding hydrogens is 274 g/mol. The molecule has 4 nitrogen and oxygen atoms in total. The van der Waals surface area contributed by atoms with Crippen molar-refractivity contribution in [3.8, 4) is 0 Å². The van der Waals surface area contributed by atoms with Crippen LogP contribution in [0.1, 0.15) is 53.9 Å². The van der Waals surface area contributed by atoms with E-state index in [-0.39, 0.29) is 5.91 Å². The van der Waals surface area contributed by atoms with Crippen LogP contribution in [0.25, 0.3) is 0 Å². The van der Waals surface area contributed by atoms with Crippen LogP contribution < -0.4 is 10.2 Å². The van der Waals surface area contributed by atoms with E-state index in [0.29, 0.717) is 0 Å². The molecule has 0 atom stereocenters. The van der Waals surface area contributed by atoms with Gasteiger partial charge in [0, 0.05) is 20.0 Å². The first-order valence-electron chi connectivity index (χ1n) is 8.53. The lowest BCUT2D eigenvalue weighted by molar-refractivity contribution is -0.114. The summed E-state index contributed by atoms with van der Waals surface area (Å²) in [6.45, 7) is 12.3. The Balaban J connectivity index is 0.00000116. The molecule has 0 bridgehead atoms. The number of aromatic nitrogens is 1. The van der Waals surface area contributed by atoms with Crippen LogP contribution in [0.2, 0.25) is 0 Å². The predicted octanol–water partition coefficient (Wildman–Crippen LogP) is 4.33. The number of nitrogens with zero attached hydrogens (tertiary/aromatic N) is 2. The van der Waals surface area contributed by atoms with Crippen LogP contribution in [0.5, 0.6) is 0 Å². The minimum absolute atomic E-state index is 0.0611. The predicted molar refractivity (Wildman–Crippen MR) is 94.3 cm³/mol. The van der Waals surface area contributed by atoms with Crippen molar-refractivity contribution in [2.75, 3.05) is 23.3 Å². The first kappa shape index (κ1) is 18.5. The van der Waals surface area contributed by atoms with E-state index < -0.39 is 0 Å². The van der Waals surface area contributed by atoms with Gasteiger partial charge in [-0.3, -0.25) is 4.79 Å². The smallest absolute Gasteiger partial charge is 0.221 e. The molecule has 124 valence electrons. The topological polar surface area (TPSA) is 45.2 Å². The fourth-order valence-electron chi connectivity index (χ4n) is 2.91. The average molecular weight is 305 g/mol. The van der Waals surface area contributed by atoms with Crippen LogP contribution in [0, 0.1) is 11.8 Å². The SMILES string of the molecule is CC.CC(=O)Nc1ccc(N2CCC(CC(C)C)CC2)nc1. The average Bonchev–Trinajstić information content (AvgIpc) is 2.50. The van der Waals surface area contributed by atoms with Crippen molar-refractivity contribution in [1.29, 1.82) is 0 Å². The molecule has 22 heavy (non-hydrogen) atoms. The lowest BCUT2D eigenvalue weighted by Gasteiger charge is -2.33. The number of rotatable bonds is 4. The van der Waals surface area contributed by atoms with E-state index in [1.54, 1.807) is 6.20 Å². The fourth-order valence-corrected chi connectivity index (χ4v) is 2.91. The summed E-state index contributed by atoms with van der Waals surface area (Å²) in [6.07, 6.45) is 5.58. The molecule has 0 aliphatic carbocycles. The molecule has 1 fully saturated rings. The van der Waals surface area contributed by atoms with E-state index in [1.807, 2.05) is 26.0 Å². The molecule has 0 aromatic carbocycles. The van der Waals surface area contributed by atoms with Crippen LogP contribution in [0.4, 0.5) is 11.5 Å². The molecule has 2 rings (SSSR count). The standard InChI is InChI=1S/C16H25N3O.C2H6/c1-12(2)10-14-6-8-19(9-7-14)16-5-4-15(11-17-16)18-13(3)20;1-2/h4-5,11-12,14H,6-10H2,1-3H3,(H,18,20);1-2H3. The van der Waals surface area contributed by atoms with Gasteiger partial charge in [-0.15, -0.1) is 0 Å². The zero-order chi connectivity index (χ0) is 16.5. The maximum absolute atomic E-state index is 11.0. The number of hydrogen-bond acceptors (Lipinski definition) is 3. The quantitative estimate of drug-likeness (QED) is 0.900. The fraction of sp³-hybridized carbons (Fsp3) is 0.667. The highest BCUT2D eigenvalue weighted by atomic mass is 16.1. The zero-order valence-corrected chi connectivity index (χ0v) is 14.7. The summed E-state index contributed by atoms with van der Waals surface area (Å²) in [4.78, 5) is 17.8. The van der Waals surface area contributed by atoms with Crippen molar-refractivity contribution in [3.63, 3.8) is 0 Å². The minimum Gasteiger partial charge on any atom is -0.357 e. The minimum atomic E-state index is -0.0611. The second-order valence-electron chi connectivity index (χ2n) is 6.15. The van der Waals surface area contributed by atoms with E-state index >= 15 is 0 Å². The molecule has 1 amide bonds. The molecule has 1 aromatic heterocycles. The molecule has 4 heteroatoms. The normalized spacial score (nSPS) is 15.3. The van der Waals surface area contributed by atoms with Gasteiger partial charge in [0.05, 0.1) is 11.9 Å². The zero-order valence-electron chi connectivity index (χ0n) is 14.7. The Morgan fingerprint density at radius 1 is 1.32 bits per heavy atom. The van der Waals surface area contributed by atoms with E-state index in [2.05, 4.69) is 29.0 Å². The molecular formula is C18H31N3O. The Bertz CT molecular complexity index is 434. The molecule has 1 aromatic rings. The van der Waals surface area contributed by atoms with Crippen molar-refractivity contribution in [2.24, 2.45) is 11.8 Å². The maximum Gasteiger partial charge on any atom is 0.221 e. The van der Waals surface area contributed by atoms with Gasteiger partial charge in [0.25, 0.3) is 0 Å². The number of anilines is 2. The van der Waals surface area contributed by atoms with Gasteiger partial charge in [0.1, 0.15) is 5.82 Å². The molecule has 2 heterocycles. The molecule has 0 unspecified atom stereocenters. The summed E-state index contributed by atoms with van der Waals surface area (Å²) in [5.74, 6) is 2.61. The molecule has 1 aliphatic rings. The number of piperidine rings is 1. The van der Waals surface area contributed by atoms with E-state index in [1.165, 1.54) is 26.2 Å². The molecule has 0 saturated carbocycles. The third kappa shape index (κ3) is 6.04. The van der Waals surface area contributed by atoms with Gasteiger partial charge in [0.2, 0.25) is 5.91 Å². The van der Waals surface area contributed by atoms with Gasteiger partial charge in [-0.25, -0.2) is 4.98 Å². The van der Waals surface area contributed by atoms with E-state index in [9.17, 15) is 4.79 Å². The van der Waals surface area contributed by atoms with Crippen LogP contribution >= 0.6 is 0 Å². The van der Waals surface area contributed by atoms with Crippen molar-refractivity contribution in [1.82, 2.24) is 4.98 Å². The van der Waals surface area contributed by atoms with E-state index in [0.717, 1.165) is 36.4 Å². The van der Waals surface area contributed by atoms with Gasteiger partial charge in [-0.05, 0) is 43.2 Å². The van der Waals surface area contributed by atoms with Crippen LogP contribution in [-0.4, -0.2) is 24.0 Å². The molecule has 1 saturated heterocycles. The van der Waals surface area contributed by atoms with E-state index in [4.69, 9.17) is 0 Å². The van der Waals surface area contributed by atoms with Crippen LogP contribution in [0.3, 0.4) is 0 Å². The molecule has 1 N–H and O–H groups in total. The lowest BCUT2D eigenvalue weighted by atomic mass is 9.89. The Morgan fingerprint density at radius 2 is 1.95 bits per heavy atom. The lowest BCUT2D eigenvalue weighted by Crippen LogP contribution is -2.34. The van der Waals surface area contributed by atoms with Gasteiger partial charge < -0.3 is 10.2 Å². The van der Waals surface area contributed by atoms with Gasteiger partial charge in [-0.1, -0.05) is 27.7 Å². The molecule has 0 spiro atoms. The third-order valence-corrected chi connectivity index (χ3v) is 3.81. The molecule has 0 radical (unpaired) electrons. The number of carbonyl (C=O) groups is 1. The Labute approximate surface area is 135 Å². The summed E-state index contributed by atoms with van der Waals surface area (Å²) in [5, 5.41) is 2.74. The summed E-state index contributed by atoms with van der Waals surface area (Å²) in [7, 11) is 0. The maximum atomic E-state index is 11.0. The van der Waals surface area contributed by atoms with Crippen LogP contribution in [-0.2, 0) is 4.79 Å². The summed E-state index contributed by atoms with van der Waals surface area (Å²) < 4.78 is 0. The first-order chi connectivity index (χ1) is 10.5. The summed E-state index contributed by atoms with van der Waals surface area (Å²) in [5.41, 5.74) is 0.760. The highest BCUT2D eigenvalue weighted by molar-refractivity contribution is 5.88. The number of pyridine rings is 1. The monoisotopic (exact) mass is 305 g/mol. The van der Waals surface area contributed by atoms with Gasteiger partial charge in [-0.2, -0.15) is 0 Å². The Hall–Kier alpha value is -1.58. The van der Waals surface area contributed by atoms with Crippen molar-refractivity contribution < 1.29 is 4.79 Å².